The van der Waals surface area contributed by atoms with Crippen molar-refractivity contribution in [3.63, 3.8) is 0 Å². The van der Waals surface area contributed by atoms with Gasteiger partial charge in [0.2, 0.25) is 0 Å². The summed E-state index contributed by atoms with van der Waals surface area (Å²) in [5.41, 5.74) is 19.9. The topological polar surface area (TPSA) is 36.1 Å². The molecule has 74 heavy (non-hydrogen) atoms. The van der Waals surface area contributed by atoms with Gasteiger partial charge >= 0.3 is 0 Å². The summed E-state index contributed by atoms with van der Waals surface area (Å²) in [6.45, 7) is 0. The van der Waals surface area contributed by atoms with Gasteiger partial charge in [0.1, 0.15) is 22.3 Å². The monoisotopic (exact) mass is 942 g/mol. The lowest BCUT2D eigenvalue weighted by molar-refractivity contribution is 0.668. The van der Waals surface area contributed by atoms with Gasteiger partial charge < -0.3 is 18.0 Å². The number of para-hydroxylation sites is 2. The minimum Gasteiger partial charge on any atom is -0.456 e. The maximum Gasteiger partial charge on any atom is 0.135 e. The Hall–Kier alpha value is -9.90. The zero-order valence-electron chi connectivity index (χ0n) is 40.0. The Kier molecular flexibility index (Phi) is 8.71. The summed E-state index contributed by atoms with van der Waals surface area (Å²) < 4.78 is 17.3. The van der Waals surface area contributed by atoms with Crippen LogP contribution in [0.2, 0.25) is 0 Å². The molecule has 0 unspecified atom stereocenters. The maximum atomic E-state index is 6.25. The van der Waals surface area contributed by atoms with Crippen molar-refractivity contribution in [1.29, 1.82) is 0 Å². The molecule has 16 aromatic rings. The number of fused-ring (bicyclic) bond motifs is 14. The van der Waals surface area contributed by atoms with Crippen molar-refractivity contribution < 1.29 is 8.83 Å². The van der Waals surface area contributed by atoms with Crippen molar-refractivity contribution >= 4 is 98.3 Å². The molecular formula is C70H42N2O2. The Morgan fingerprint density at radius 3 is 1.27 bits per heavy atom. The smallest absolute Gasteiger partial charge is 0.135 e. The lowest BCUT2D eigenvalue weighted by Crippen LogP contribution is -1.94. The van der Waals surface area contributed by atoms with Crippen molar-refractivity contribution in [2.24, 2.45) is 0 Å². The van der Waals surface area contributed by atoms with E-state index in [9.17, 15) is 0 Å². The van der Waals surface area contributed by atoms with Crippen LogP contribution in [0.25, 0.3) is 154 Å². The number of furan rings is 2. The molecule has 12 aromatic carbocycles. The van der Waals surface area contributed by atoms with E-state index in [0.717, 1.165) is 88.5 Å². The van der Waals surface area contributed by atoms with E-state index in [1.54, 1.807) is 0 Å². The molecule has 4 heteroatoms. The second-order valence-corrected chi connectivity index (χ2v) is 19.6. The number of hydrogen-bond donors (Lipinski definition) is 0. The molecule has 0 aliphatic heterocycles. The number of benzene rings is 12. The molecule has 0 saturated heterocycles. The average Bonchev–Trinajstić information content (AvgIpc) is 4.22. The lowest BCUT2D eigenvalue weighted by atomic mass is 9.98. The minimum atomic E-state index is 0.898. The quantitative estimate of drug-likeness (QED) is 0.167. The summed E-state index contributed by atoms with van der Waals surface area (Å²) in [7, 11) is 0. The van der Waals surface area contributed by atoms with Crippen LogP contribution in [-0.4, -0.2) is 9.13 Å². The third-order valence-electron chi connectivity index (χ3n) is 15.5. The van der Waals surface area contributed by atoms with Crippen LogP contribution in [0.5, 0.6) is 0 Å². The number of nitrogens with zero attached hydrogens (tertiary/aromatic N) is 2. The molecule has 0 aliphatic rings. The minimum absolute atomic E-state index is 0.898. The van der Waals surface area contributed by atoms with Crippen LogP contribution in [0.15, 0.2) is 264 Å². The van der Waals surface area contributed by atoms with Crippen LogP contribution in [-0.2, 0) is 0 Å². The molecule has 16 rings (SSSR count). The van der Waals surface area contributed by atoms with Crippen molar-refractivity contribution in [3.05, 3.63) is 255 Å². The highest BCUT2D eigenvalue weighted by Crippen LogP contribution is 2.43. The van der Waals surface area contributed by atoms with Crippen molar-refractivity contribution in [2.75, 3.05) is 0 Å². The molecule has 0 spiro atoms. The van der Waals surface area contributed by atoms with Crippen LogP contribution >= 0.6 is 0 Å². The molecule has 0 aliphatic carbocycles. The first-order valence-corrected chi connectivity index (χ1v) is 25.3. The second kappa shape index (κ2) is 15.8. The fourth-order valence-electron chi connectivity index (χ4n) is 12.0. The van der Waals surface area contributed by atoms with Crippen LogP contribution in [0.3, 0.4) is 0 Å². The van der Waals surface area contributed by atoms with E-state index in [1.807, 2.05) is 24.3 Å². The largest absolute Gasteiger partial charge is 0.456 e. The molecule has 0 amide bonds. The first-order chi connectivity index (χ1) is 36.6. The normalized spacial score (nSPS) is 12.1. The van der Waals surface area contributed by atoms with Crippen molar-refractivity contribution in [3.8, 4) is 55.9 Å². The van der Waals surface area contributed by atoms with Gasteiger partial charge in [-0.3, -0.25) is 0 Å². The number of rotatable bonds is 6. The highest BCUT2D eigenvalue weighted by Gasteiger charge is 2.20. The predicted octanol–water partition coefficient (Wildman–Crippen LogP) is 19.5. The van der Waals surface area contributed by atoms with Gasteiger partial charge in [-0.25, -0.2) is 0 Å². The molecule has 0 saturated carbocycles. The molecular weight excluding hydrogens is 901 g/mol. The summed E-state index contributed by atoms with van der Waals surface area (Å²) in [5.74, 6) is 0. The molecule has 4 nitrogen and oxygen atoms in total. The predicted molar refractivity (Wildman–Crippen MR) is 309 cm³/mol. The van der Waals surface area contributed by atoms with Crippen LogP contribution in [0, 0.1) is 0 Å². The highest BCUT2D eigenvalue weighted by atomic mass is 16.3. The van der Waals surface area contributed by atoms with Crippen molar-refractivity contribution in [1.82, 2.24) is 9.13 Å². The Balaban J connectivity index is 0.862. The summed E-state index contributed by atoms with van der Waals surface area (Å²) in [6, 6.07) is 92.6. The van der Waals surface area contributed by atoms with Gasteiger partial charge in [-0.15, -0.1) is 0 Å². The molecule has 4 heterocycles. The molecule has 0 radical (unpaired) electrons. The summed E-state index contributed by atoms with van der Waals surface area (Å²) in [5, 5.41) is 11.9. The van der Waals surface area contributed by atoms with E-state index in [2.05, 4.69) is 240 Å². The standard InChI is InChI=1S/C70H42N2O2/c1-2-11-43(12-3-1)46-14-10-15-53(37-46)72-62-31-24-48(38-57(62)58-39-49(25-32-63(58)72)51-28-36-69-60(41-51)56-18-7-9-20-67(56)74-69)50-26-33-64-61(42-50)70-54-16-5-4-13-45(54)23-34-65(70)71(64)52-29-21-44(22-30-52)47-27-35-68-59(40-47)55-17-6-8-19-66(55)73-68/h1-42H. The van der Waals surface area contributed by atoms with Gasteiger partial charge in [-0.2, -0.15) is 0 Å². The van der Waals surface area contributed by atoms with Crippen molar-refractivity contribution in [2.45, 2.75) is 0 Å². The molecule has 0 atom stereocenters. The molecule has 0 bridgehead atoms. The third-order valence-corrected chi connectivity index (χ3v) is 15.5. The maximum absolute atomic E-state index is 6.25. The Morgan fingerprint density at radius 1 is 0.216 bits per heavy atom. The first-order valence-electron chi connectivity index (χ1n) is 25.3. The third kappa shape index (κ3) is 6.22. The van der Waals surface area contributed by atoms with E-state index in [1.165, 1.54) is 65.6 Å². The van der Waals surface area contributed by atoms with Gasteiger partial charge in [0, 0.05) is 54.5 Å². The van der Waals surface area contributed by atoms with E-state index in [-0.39, 0.29) is 0 Å². The number of hydrogen-bond acceptors (Lipinski definition) is 2. The highest BCUT2D eigenvalue weighted by molar-refractivity contribution is 6.22. The van der Waals surface area contributed by atoms with Crippen LogP contribution in [0.4, 0.5) is 0 Å². The summed E-state index contributed by atoms with van der Waals surface area (Å²) >= 11 is 0. The fourth-order valence-corrected chi connectivity index (χ4v) is 12.0. The van der Waals surface area contributed by atoms with Gasteiger partial charge in [0.25, 0.3) is 0 Å². The Bertz CT molecular complexity index is 4950. The second-order valence-electron chi connectivity index (χ2n) is 19.6. The average molecular weight is 943 g/mol. The Morgan fingerprint density at radius 2 is 0.635 bits per heavy atom. The summed E-state index contributed by atoms with van der Waals surface area (Å²) in [6.07, 6.45) is 0. The first kappa shape index (κ1) is 40.8. The zero-order valence-corrected chi connectivity index (χ0v) is 40.0. The Labute approximate surface area is 424 Å². The van der Waals surface area contributed by atoms with E-state index < -0.39 is 0 Å². The summed E-state index contributed by atoms with van der Waals surface area (Å²) in [4.78, 5) is 0. The van der Waals surface area contributed by atoms with E-state index in [4.69, 9.17) is 8.83 Å². The van der Waals surface area contributed by atoms with Crippen LogP contribution < -0.4 is 0 Å². The molecule has 344 valence electrons. The van der Waals surface area contributed by atoms with E-state index in [0.29, 0.717) is 0 Å². The van der Waals surface area contributed by atoms with Gasteiger partial charge in [-0.1, -0.05) is 152 Å². The van der Waals surface area contributed by atoms with Gasteiger partial charge in [-0.05, 0) is 158 Å². The van der Waals surface area contributed by atoms with Gasteiger partial charge in [0.05, 0.1) is 22.1 Å². The van der Waals surface area contributed by atoms with Gasteiger partial charge in [0.15, 0.2) is 0 Å². The molecule has 0 N–H and O–H groups in total. The van der Waals surface area contributed by atoms with E-state index >= 15 is 0 Å². The fraction of sp³-hybridized carbons (Fsp3) is 0. The SMILES string of the molecule is c1ccc(-c2cccc(-n3c4ccc(-c5ccc6oc7ccccc7c6c5)cc4c4cc(-c5ccc6c(c5)c5c7ccccc7ccc5n6-c5ccc(-c6ccc7oc8ccccc8c7c6)cc5)ccc43)c2)cc1. The molecule has 4 aromatic heterocycles. The van der Waals surface area contributed by atoms with Crippen LogP contribution in [0.1, 0.15) is 0 Å². The zero-order chi connectivity index (χ0) is 48.4. The number of aromatic nitrogens is 2. The molecule has 0 fully saturated rings. The lowest BCUT2D eigenvalue weighted by Gasteiger charge is -2.11.